The summed E-state index contributed by atoms with van der Waals surface area (Å²) >= 11 is 0. The first-order valence-corrected chi connectivity index (χ1v) is 1.80. The number of methoxy groups -OCH3 is 1. The smallest absolute Gasteiger partial charge is 0.149 e. The molecule has 0 unspecified atom stereocenters. The molecular formula is C3H9NO3. The SMILES string of the molecule is COCN(O)OC. The standard InChI is InChI=1S/C3H9NO3/c1-6-3-4(5)7-2/h5H,3H2,1-2H3. The van der Waals surface area contributed by atoms with Gasteiger partial charge in [-0.05, 0) is 5.23 Å². The van der Waals surface area contributed by atoms with Crippen LogP contribution in [0.15, 0.2) is 0 Å². The molecular weight excluding hydrogens is 98.0 g/mol. The molecule has 0 bridgehead atoms. The van der Waals surface area contributed by atoms with Crippen molar-refractivity contribution in [2.45, 2.75) is 0 Å². The van der Waals surface area contributed by atoms with Crippen LogP contribution >= 0.6 is 0 Å². The molecule has 0 aromatic heterocycles. The fourth-order valence-electron chi connectivity index (χ4n) is 0.163. The van der Waals surface area contributed by atoms with Gasteiger partial charge in [-0.1, -0.05) is 0 Å². The Kier molecular flexibility index (Phi) is 3.92. The van der Waals surface area contributed by atoms with Gasteiger partial charge in [0.1, 0.15) is 6.73 Å². The van der Waals surface area contributed by atoms with Crippen molar-refractivity contribution in [2.75, 3.05) is 21.0 Å². The van der Waals surface area contributed by atoms with E-state index in [1.54, 1.807) is 0 Å². The van der Waals surface area contributed by atoms with Crippen molar-refractivity contribution in [3.05, 3.63) is 0 Å². The summed E-state index contributed by atoms with van der Waals surface area (Å²) in [6.07, 6.45) is 0. The average molecular weight is 107 g/mol. The third kappa shape index (κ3) is 3.68. The van der Waals surface area contributed by atoms with E-state index < -0.39 is 0 Å². The molecule has 44 valence electrons. The minimum absolute atomic E-state index is 0.0660. The van der Waals surface area contributed by atoms with Gasteiger partial charge in [0.2, 0.25) is 0 Å². The lowest BCUT2D eigenvalue weighted by molar-refractivity contribution is -0.354. The molecule has 1 N–H and O–H groups in total. The number of nitrogens with zero attached hydrogens (tertiary/aromatic N) is 1. The van der Waals surface area contributed by atoms with Gasteiger partial charge in [0.05, 0.1) is 7.11 Å². The molecule has 0 saturated carbocycles. The van der Waals surface area contributed by atoms with Gasteiger partial charge in [-0.2, -0.15) is 0 Å². The van der Waals surface area contributed by atoms with Gasteiger partial charge in [-0.25, -0.2) is 0 Å². The van der Waals surface area contributed by atoms with E-state index in [0.29, 0.717) is 5.23 Å². The molecule has 0 fully saturated rings. The van der Waals surface area contributed by atoms with Crippen molar-refractivity contribution >= 4 is 0 Å². The Morgan fingerprint density at radius 1 is 1.57 bits per heavy atom. The zero-order valence-corrected chi connectivity index (χ0v) is 4.42. The van der Waals surface area contributed by atoms with Gasteiger partial charge in [0.15, 0.2) is 0 Å². The van der Waals surface area contributed by atoms with E-state index in [9.17, 15) is 0 Å². The maximum absolute atomic E-state index is 8.34. The molecule has 0 aliphatic heterocycles. The minimum Gasteiger partial charge on any atom is -0.364 e. The summed E-state index contributed by atoms with van der Waals surface area (Å²) in [5, 5.41) is 8.93. The molecule has 0 radical (unpaired) electrons. The van der Waals surface area contributed by atoms with E-state index in [1.807, 2.05) is 0 Å². The summed E-state index contributed by atoms with van der Waals surface area (Å²) < 4.78 is 4.45. The summed E-state index contributed by atoms with van der Waals surface area (Å²) in [6, 6.07) is 0. The number of hydrogen-bond donors (Lipinski definition) is 1. The Morgan fingerprint density at radius 2 is 2.14 bits per heavy atom. The van der Waals surface area contributed by atoms with Crippen molar-refractivity contribution in [1.29, 1.82) is 0 Å². The topological polar surface area (TPSA) is 41.9 Å². The van der Waals surface area contributed by atoms with Gasteiger partial charge in [-0.3, -0.25) is 10.0 Å². The van der Waals surface area contributed by atoms with Crippen LogP contribution < -0.4 is 0 Å². The van der Waals surface area contributed by atoms with E-state index in [4.69, 9.17) is 5.21 Å². The van der Waals surface area contributed by atoms with Gasteiger partial charge in [0.25, 0.3) is 0 Å². The summed E-state index contributed by atoms with van der Waals surface area (Å²) in [5.41, 5.74) is 0. The molecule has 0 spiro atoms. The van der Waals surface area contributed by atoms with Crippen molar-refractivity contribution in [3.8, 4) is 0 Å². The van der Waals surface area contributed by atoms with Crippen LogP contribution in [0, 0.1) is 0 Å². The Labute approximate surface area is 42.2 Å². The van der Waals surface area contributed by atoms with Crippen LogP contribution in [0.3, 0.4) is 0 Å². The summed E-state index contributed by atoms with van der Waals surface area (Å²) in [4.78, 5) is 4.25. The molecule has 0 heterocycles. The fourth-order valence-corrected chi connectivity index (χ4v) is 0.163. The number of rotatable bonds is 3. The third-order valence-corrected chi connectivity index (χ3v) is 0.450. The van der Waals surface area contributed by atoms with E-state index >= 15 is 0 Å². The highest BCUT2D eigenvalue weighted by Crippen LogP contribution is 1.76. The molecule has 0 amide bonds. The van der Waals surface area contributed by atoms with Gasteiger partial charge in [0, 0.05) is 7.11 Å². The number of hydroxylamine groups is 2. The van der Waals surface area contributed by atoms with Crippen LogP contribution in [-0.4, -0.2) is 31.4 Å². The van der Waals surface area contributed by atoms with Crippen molar-refractivity contribution < 1.29 is 14.8 Å². The maximum Gasteiger partial charge on any atom is 0.149 e. The van der Waals surface area contributed by atoms with Crippen molar-refractivity contribution in [3.63, 3.8) is 0 Å². The summed E-state index contributed by atoms with van der Waals surface area (Å²) in [7, 11) is 2.81. The highest BCUT2D eigenvalue weighted by Gasteiger charge is 1.90. The first kappa shape index (κ1) is 6.84. The lowest BCUT2D eigenvalue weighted by atomic mass is 11.3. The second-order valence-electron chi connectivity index (χ2n) is 0.953. The van der Waals surface area contributed by atoms with E-state index in [-0.39, 0.29) is 6.73 Å². The Hall–Kier alpha value is -0.160. The summed E-state index contributed by atoms with van der Waals surface area (Å²) in [5.74, 6) is 0. The van der Waals surface area contributed by atoms with Crippen molar-refractivity contribution in [1.82, 2.24) is 5.23 Å². The molecule has 0 aromatic rings. The second-order valence-corrected chi connectivity index (χ2v) is 0.953. The Balaban J connectivity index is 2.83. The van der Waals surface area contributed by atoms with Crippen LogP contribution in [0.1, 0.15) is 0 Å². The third-order valence-electron chi connectivity index (χ3n) is 0.450. The predicted octanol–water partition coefficient (Wildman–Crippen LogP) is -0.157. The molecule has 7 heavy (non-hydrogen) atoms. The van der Waals surface area contributed by atoms with E-state index in [2.05, 4.69) is 9.57 Å². The second kappa shape index (κ2) is 4.01. The molecule has 0 aliphatic rings. The zero-order chi connectivity index (χ0) is 5.70. The van der Waals surface area contributed by atoms with Crippen LogP contribution in [0.5, 0.6) is 0 Å². The van der Waals surface area contributed by atoms with Crippen LogP contribution in [0.2, 0.25) is 0 Å². The average Bonchev–Trinajstić information content (AvgIpc) is 1.68. The first-order valence-electron chi connectivity index (χ1n) is 1.80. The molecule has 0 rings (SSSR count). The highest BCUT2D eigenvalue weighted by molar-refractivity contribution is 3.98. The highest BCUT2D eigenvalue weighted by atomic mass is 16.9. The van der Waals surface area contributed by atoms with Gasteiger partial charge >= 0.3 is 0 Å². The molecule has 0 saturated heterocycles. The molecule has 4 heteroatoms. The zero-order valence-electron chi connectivity index (χ0n) is 4.42. The lowest BCUT2D eigenvalue weighted by Gasteiger charge is -2.07. The predicted molar refractivity (Wildman–Crippen MR) is 22.5 cm³/mol. The Bertz CT molecular complexity index is 41.2. The first-order chi connectivity index (χ1) is 3.31. The quantitative estimate of drug-likeness (QED) is 0.402. The fraction of sp³-hybridized carbons (Fsp3) is 1.00. The number of hydrogen-bond acceptors (Lipinski definition) is 4. The van der Waals surface area contributed by atoms with Gasteiger partial charge < -0.3 is 4.74 Å². The molecule has 4 nitrogen and oxygen atoms in total. The molecule has 0 aromatic carbocycles. The number of ether oxygens (including phenoxy) is 1. The summed E-state index contributed by atoms with van der Waals surface area (Å²) in [6.45, 7) is 0.0660. The van der Waals surface area contributed by atoms with E-state index in [1.165, 1.54) is 14.2 Å². The lowest BCUT2D eigenvalue weighted by Crippen LogP contribution is -2.19. The van der Waals surface area contributed by atoms with Crippen LogP contribution in [-0.2, 0) is 9.57 Å². The normalized spacial score (nSPS) is 10.3. The molecule has 0 atom stereocenters. The van der Waals surface area contributed by atoms with Gasteiger partial charge in [-0.15, -0.1) is 0 Å². The maximum atomic E-state index is 8.34. The minimum atomic E-state index is 0.0660. The largest absolute Gasteiger partial charge is 0.364 e. The van der Waals surface area contributed by atoms with Crippen LogP contribution in [0.4, 0.5) is 0 Å². The monoisotopic (exact) mass is 107 g/mol. The molecule has 0 aliphatic carbocycles. The van der Waals surface area contributed by atoms with Crippen molar-refractivity contribution in [2.24, 2.45) is 0 Å². The van der Waals surface area contributed by atoms with E-state index in [0.717, 1.165) is 0 Å². The van der Waals surface area contributed by atoms with Crippen LogP contribution in [0.25, 0.3) is 0 Å². The Morgan fingerprint density at radius 3 is 2.29 bits per heavy atom.